The second-order valence-corrected chi connectivity index (χ2v) is 5.14. The normalized spacial score (nSPS) is 13.7. The van der Waals surface area contributed by atoms with Crippen molar-refractivity contribution in [2.75, 3.05) is 12.4 Å². The monoisotopic (exact) mass is 269 g/mol. The fourth-order valence-electron chi connectivity index (χ4n) is 2.67. The minimum Gasteiger partial charge on any atom is -0.439 e. The Bertz CT molecular complexity index is 625. The van der Waals surface area contributed by atoms with E-state index < -0.39 is 0 Å². The van der Waals surface area contributed by atoms with Crippen LogP contribution in [-0.2, 0) is 12.8 Å². The molecule has 0 fully saturated rings. The molecule has 1 aliphatic carbocycles. The van der Waals surface area contributed by atoms with Crippen molar-refractivity contribution >= 4 is 5.82 Å². The topological polar surface area (TPSA) is 47.0 Å². The maximum atomic E-state index is 5.93. The van der Waals surface area contributed by atoms with Gasteiger partial charge in [-0.3, -0.25) is 0 Å². The first kappa shape index (κ1) is 12.9. The summed E-state index contributed by atoms with van der Waals surface area (Å²) in [5.41, 5.74) is 3.79. The van der Waals surface area contributed by atoms with E-state index in [9.17, 15) is 0 Å². The maximum Gasteiger partial charge on any atom is 0.227 e. The first-order valence-corrected chi connectivity index (χ1v) is 7.07. The fourth-order valence-corrected chi connectivity index (χ4v) is 2.67. The van der Waals surface area contributed by atoms with Gasteiger partial charge in [-0.25, -0.2) is 9.97 Å². The van der Waals surface area contributed by atoms with Crippen molar-refractivity contribution < 1.29 is 4.74 Å². The quantitative estimate of drug-likeness (QED) is 0.926. The molecule has 20 heavy (non-hydrogen) atoms. The number of benzene rings is 1. The largest absolute Gasteiger partial charge is 0.439 e. The van der Waals surface area contributed by atoms with E-state index in [-0.39, 0.29) is 0 Å². The van der Waals surface area contributed by atoms with Crippen LogP contribution in [0.5, 0.6) is 11.6 Å². The van der Waals surface area contributed by atoms with E-state index >= 15 is 0 Å². The van der Waals surface area contributed by atoms with Crippen LogP contribution in [0.1, 0.15) is 29.5 Å². The molecule has 1 heterocycles. The van der Waals surface area contributed by atoms with Crippen LogP contribution in [0, 0.1) is 6.92 Å². The Morgan fingerprint density at radius 1 is 1.10 bits per heavy atom. The summed E-state index contributed by atoms with van der Waals surface area (Å²) in [6.07, 6.45) is 6.42. The van der Waals surface area contributed by atoms with Crippen molar-refractivity contribution in [3.63, 3.8) is 0 Å². The van der Waals surface area contributed by atoms with Gasteiger partial charge in [0, 0.05) is 7.05 Å². The number of fused-ring (bicyclic) bond motifs is 1. The summed E-state index contributed by atoms with van der Waals surface area (Å²) in [4.78, 5) is 8.39. The molecule has 0 saturated heterocycles. The Hall–Kier alpha value is -2.10. The van der Waals surface area contributed by atoms with Gasteiger partial charge < -0.3 is 10.1 Å². The number of hydrogen-bond acceptors (Lipinski definition) is 4. The van der Waals surface area contributed by atoms with Crippen molar-refractivity contribution in [1.82, 2.24) is 9.97 Å². The Kier molecular flexibility index (Phi) is 3.54. The molecule has 0 amide bonds. The molecule has 0 saturated carbocycles. The Labute approximate surface area is 119 Å². The van der Waals surface area contributed by atoms with Gasteiger partial charge in [-0.2, -0.15) is 0 Å². The van der Waals surface area contributed by atoms with E-state index in [1.54, 1.807) is 0 Å². The van der Waals surface area contributed by atoms with Gasteiger partial charge in [-0.05, 0) is 55.9 Å². The maximum absolute atomic E-state index is 5.93. The molecule has 0 spiro atoms. The number of anilines is 1. The van der Waals surface area contributed by atoms with Gasteiger partial charge in [-0.15, -0.1) is 0 Å². The van der Waals surface area contributed by atoms with Gasteiger partial charge in [0.15, 0.2) is 0 Å². The number of rotatable bonds is 3. The number of aryl methyl sites for hydroxylation is 2. The highest BCUT2D eigenvalue weighted by Crippen LogP contribution is 2.29. The predicted octanol–water partition coefficient (Wildman–Crippen LogP) is 3.50. The van der Waals surface area contributed by atoms with E-state index in [1.165, 1.54) is 36.7 Å². The molecule has 0 atom stereocenters. The molecule has 1 aromatic carbocycles. The van der Waals surface area contributed by atoms with Gasteiger partial charge in [0.05, 0.1) is 5.56 Å². The summed E-state index contributed by atoms with van der Waals surface area (Å²) in [6, 6.07) is 6.36. The molecule has 1 N–H and O–H groups in total. The van der Waals surface area contributed by atoms with Crippen LogP contribution < -0.4 is 10.1 Å². The standard InChI is InChI=1S/C16H19N3O/c1-11-15(17-2)18-10-19-16(11)20-14-8-7-12-5-3-4-6-13(12)9-14/h7-10H,3-6H2,1-2H3,(H,17,18,19). The lowest BCUT2D eigenvalue weighted by Gasteiger charge is -2.17. The van der Waals surface area contributed by atoms with Gasteiger partial charge in [-0.1, -0.05) is 6.07 Å². The van der Waals surface area contributed by atoms with E-state index in [2.05, 4.69) is 27.4 Å². The van der Waals surface area contributed by atoms with E-state index in [1.807, 2.05) is 20.0 Å². The Morgan fingerprint density at radius 3 is 2.70 bits per heavy atom. The third-order valence-corrected chi connectivity index (χ3v) is 3.81. The number of nitrogens with one attached hydrogen (secondary N) is 1. The third kappa shape index (κ3) is 2.46. The lowest BCUT2D eigenvalue weighted by atomic mass is 9.92. The summed E-state index contributed by atoms with van der Waals surface area (Å²) >= 11 is 0. The van der Waals surface area contributed by atoms with Crippen LogP contribution in [0.25, 0.3) is 0 Å². The molecule has 3 rings (SSSR count). The second kappa shape index (κ2) is 5.49. The van der Waals surface area contributed by atoms with Crippen molar-refractivity contribution in [2.45, 2.75) is 32.6 Å². The highest BCUT2D eigenvalue weighted by molar-refractivity contribution is 5.48. The Morgan fingerprint density at radius 2 is 1.90 bits per heavy atom. The van der Waals surface area contributed by atoms with E-state index in [0.717, 1.165) is 23.6 Å². The van der Waals surface area contributed by atoms with Crippen LogP contribution in [-0.4, -0.2) is 17.0 Å². The second-order valence-electron chi connectivity index (χ2n) is 5.14. The summed E-state index contributed by atoms with van der Waals surface area (Å²) in [5, 5.41) is 3.04. The molecule has 0 radical (unpaired) electrons. The fraction of sp³-hybridized carbons (Fsp3) is 0.375. The first-order valence-electron chi connectivity index (χ1n) is 7.07. The summed E-state index contributed by atoms with van der Waals surface area (Å²) in [5.74, 6) is 2.27. The molecule has 1 aliphatic rings. The zero-order valence-electron chi connectivity index (χ0n) is 11.9. The lowest BCUT2D eigenvalue weighted by molar-refractivity contribution is 0.456. The molecule has 104 valence electrons. The minimum absolute atomic E-state index is 0.611. The zero-order valence-corrected chi connectivity index (χ0v) is 11.9. The molecule has 4 heteroatoms. The van der Waals surface area contributed by atoms with Gasteiger partial charge in [0.1, 0.15) is 17.9 Å². The summed E-state index contributed by atoms with van der Waals surface area (Å²) in [6.45, 7) is 1.96. The number of nitrogens with zero attached hydrogens (tertiary/aromatic N) is 2. The molecule has 0 unspecified atom stereocenters. The predicted molar refractivity (Wildman–Crippen MR) is 79.5 cm³/mol. The van der Waals surface area contributed by atoms with Crippen LogP contribution in [0.2, 0.25) is 0 Å². The summed E-state index contributed by atoms with van der Waals surface area (Å²) in [7, 11) is 1.85. The van der Waals surface area contributed by atoms with E-state index in [0.29, 0.717) is 5.88 Å². The SMILES string of the molecule is CNc1ncnc(Oc2ccc3c(c2)CCCC3)c1C. The minimum atomic E-state index is 0.611. The van der Waals surface area contributed by atoms with Crippen molar-refractivity contribution in [3.8, 4) is 11.6 Å². The highest BCUT2D eigenvalue weighted by atomic mass is 16.5. The molecule has 0 aliphatic heterocycles. The average Bonchev–Trinajstić information content (AvgIpc) is 2.49. The molecule has 0 bridgehead atoms. The van der Waals surface area contributed by atoms with Crippen LogP contribution in [0.4, 0.5) is 5.82 Å². The number of hydrogen-bond donors (Lipinski definition) is 1. The number of aromatic nitrogens is 2. The first-order chi connectivity index (χ1) is 9.78. The van der Waals surface area contributed by atoms with Crippen LogP contribution in [0.15, 0.2) is 24.5 Å². The van der Waals surface area contributed by atoms with Crippen LogP contribution in [0.3, 0.4) is 0 Å². The van der Waals surface area contributed by atoms with Gasteiger partial charge in [0.25, 0.3) is 0 Å². The molecule has 4 nitrogen and oxygen atoms in total. The molecule has 2 aromatic rings. The Balaban J connectivity index is 1.88. The third-order valence-electron chi connectivity index (χ3n) is 3.81. The number of ether oxygens (including phenoxy) is 1. The van der Waals surface area contributed by atoms with Gasteiger partial charge in [0.2, 0.25) is 5.88 Å². The smallest absolute Gasteiger partial charge is 0.227 e. The molecule has 1 aromatic heterocycles. The molecular weight excluding hydrogens is 250 g/mol. The lowest BCUT2D eigenvalue weighted by Crippen LogP contribution is -2.03. The van der Waals surface area contributed by atoms with Crippen molar-refractivity contribution in [2.24, 2.45) is 0 Å². The van der Waals surface area contributed by atoms with Crippen LogP contribution >= 0.6 is 0 Å². The highest BCUT2D eigenvalue weighted by Gasteiger charge is 2.12. The summed E-state index contributed by atoms with van der Waals surface area (Å²) < 4.78 is 5.93. The van der Waals surface area contributed by atoms with E-state index in [4.69, 9.17) is 4.74 Å². The van der Waals surface area contributed by atoms with Gasteiger partial charge >= 0.3 is 0 Å². The van der Waals surface area contributed by atoms with Crippen molar-refractivity contribution in [1.29, 1.82) is 0 Å². The average molecular weight is 269 g/mol. The zero-order chi connectivity index (χ0) is 13.9. The van der Waals surface area contributed by atoms with Crippen molar-refractivity contribution in [3.05, 3.63) is 41.2 Å². The molecular formula is C16H19N3O.